The van der Waals surface area contributed by atoms with Crippen molar-refractivity contribution in [3.63, 3.8) is 0 Å². The van der Waals surface area contributed by atoms with E-state index in [2.05, 4.69) is 36.2 Å². The third-order valence-electron chi connectivity index (χ3n) is 4.82. The normalized spacial score (nSPS) is 14.8. The molecule has 142 valence electrons. The summed E-state index contributed by atoms with van der Waals surface area (Å²) in [5.74, 6) is 1.06. The molecule has 0 amide bonds. The molecule has 4 rings (SSSR count). The Balaban J connectivity index is 1.61. The second kappa shape index (κ2) is 7.90. The first-order chi connectivity index (χ1) is 13.6. The average molecular weight is 398 g/mol. The fourth-order valence-electron chi connectivity index (χ4n) is 3.27. The van der Waals surface area contributed by atoms with Crippen LogP contribution in [0.25, 0.3) is 11.0 Å². The predicted molar refractivity (Wildman–Crippen MR) is 105 cm³/mol. The molecule has 9 heteroatoms. The van der Waals surface area contributed by atoms with Gasteiger partial charge in [-0.25, -0.2) is 24.3 Å². The van der Waals surface area contributed by atoms with Gasteiger partial charge in [0.15, 0.2) is 5.82 Å². The third-order valence-corrected chi connectivity index (χ3v) is 5.11. The fourth-order valence-corrected chi connectivity index (χ4v) is 3.45. The van der Waals surface area contributed by atoms with Crippen LogP contribution in [-0.4, -0.2) is 33.0 Å². The number of fused-ring (bicyclic) bond motifs is 1. The number of anilines is 3. The number of aromatic nitrogens is 4. The number of piperidine rings is 1. The minimum absolute atomic E-state index is 0.0268. The molecule has 1 fully saturated rings. The molecule has 1 saturated heterocycles. The molecule has 1 aliphatic rings. The van der Waals surface area contributed by atoms with Gasteiger partial charge in [-0.1, -0.05) is 11.6 Å². The standard InChI is InChI=1S/C19H17ClFN7/c20-14-9-13(1-2-15(14)21)26-18-17-16(24-11-25-18)10-23-19(27-17)28-7-4-12(3-6-22)5-8-28/h1-2,9-12H,3-5,7-8H2,(H,24,25,26). The zero-order valence-corrected chi connectivity index (χ0v) is 15.7. The SMILES string of the molecule is N#CCC1CCN(c2ncc3ncnc(Nc4ccc(F)c(Cl)c4)c3n2)CC1. The quantitative estimate of drug-likeness (QED) is 0.709. The van der Waals surface area contributed by atoms with Crippen LogP contribution < -0.4 is 10.2 Å². The van der Waals surface area contributed by atoms with Crippen LogP contribution in [0.5, 0.6) is 0 Å². The van der Waals surface area contributed by atoms with E-state index in [1.54, 1.807) is 12.3 Å². The molecule has 3 aromatic rings. The van der Waals surface area contributed by atoms with E-state index in [1.807, 2.05) is 0 Å². The monoisotopic (exact) mass is 397 g/mol. The van der Waals surface area contributed by atoms with Crippen molar-refractivity contribution in [2.24, 2.45) is 5.92 Å². The molecule has 3 heterocycles. The van der Waals surface area contributed by atoms with Crippen molar-refractivity contribution in [3.8, 4) is 6.07 Å². The van der Waals surface area contributed by atoms with Crippen LogP contribution >= 0.6 is 11.6 Å². The molecule has 0 aliphatic carbocycles. The Labute approximate surface area is 166 Å². The molecule has 0 bridgehead atoms. The summed E-state index contributed by atoms with van der Waals surface area (Å²) in [5, 5.41) is 12.0. The minimum atomic E-state index is -0.482. The molecule has 0 saturated carbocycles. The number of halogens is 2. The van der Waals surface area contributed by atoms with Crippen LogP contribution in [0.15, 0.2) is 30.7 Å². The van der Waals surface area contributed by atoms with Crippen molar-refractivity contribution < 1.29 is 4.39 Å². The van der Waals surface area contributed by atoms with Gasteiger partial charge in [-0.05, 0) is 37.0 Å². The van der Waals surface area contributed by atoms with E-state index in [4.69, 9.17) is 16.9 Å². The lowest BCUT2D eigenvalue weighted by molar-refractivity contribution is 0.409. The molecule has 0 unspecified atom stereocenters. The molecule has 0 spiro atoms. The van der Waals surface area contributed by atoms with E-state index in [0.29, 0.717) is 40.8 Å². The number of nitriles is 1. The number of nitrogens with zero attached hydrogens (tertiary/aromatic N) is 6. The summed E-state index contributed by atoms with van der Waals surface area (Å²) < 4.78 is 13.4. The van der Waals surface area contributed by atoms with Gasteiger partial charge in [0.05, 0.1) is 17.3 Å². The van der Waals surface area contributed by atoms with E-state index in [-0.39, 0.29) is 5.02 Å². The minimum Gasteiger partial charge on any atom is -0.341 e. The lowest BCUT2D eigenvalue weighted by Crippen LogP contribution is -2.34. The lowest BCUT2D eigenvalue weighted by Gasteiger charge is -2.31. The molecule has 1 aromatic carbocycles. The predicted octanol–water partition coefficient (Wildman–Crippen LogP) is 4.09. The molecule has 28 heavy (non-hydrogen) atoms. The van der Waals surface area contributed by atoms with Crippen LogP contribution in [0.4, 0.5) is 21.8 Å². The summed E-state index contributed by atoms with van der Waals surface area (Å²) in [6, 6.07) is 6.61. The van der Waals surface area contributed by atoms with Crippen molar-refractivity contribution in [2.75, 3.05) is 23.3 Å². The Kier molecular flexibility index (Phi) is 5.17. The molecule has 1 aliphatic heterocycles. The molecule has 0 atom stereocenters. The maximum absolute atomic E-state index is 13.4. The molecule has 0 radical (unpaired) electrons. The van der Waals surface area contributed by atoms with Gasteiger partial charge in [-0.15, -0.1) is 0 Å². The molecule has 2 aromatic heterocycles. The van der Waals surface area contributed by atoms with E-state index < -0.39 is 5.82 Å². The van der Waals surface area contributed by atoms with Crippen LogP contribution in [0.2, 0.25) is 5.02 Å². The van der Waals surface area contributed by atoms with Gasteiger partial charge in [0.2, 0.25) is 5.95 Å². The highest BCUT2D eigenvalue weighted by Crippen LogP contribution is 2.27. The van der Waals surface area contributed by atoms with Crippen LogP contribution in [0.3, 0.4) is 0 Å². The highest BCUT2D eigenvalue weighted by atomic mass is 35.5. The van der Waals surface area contributed by atoms with Crippen LogP contribution in [0, 0.1) is 23.1 Å². The van der Waals surface area contributed by atoms with Gasteiger partial charge in [0.1, 0.15) is 23.2 Å². The summed E-state index contributed by atoms with van der Waals surface area (Å²) >= 11 is 5.86. The summed E-state index contributed by atoms with van der Waals surface area (Å²) in [6.07, 6.45) is 5.57. The van der Waals surface area contributed by atoms with Crippen molar-refractivity contribution >= 4 is 40.1 Å². The summed E-state index contributed by atoms with van der Waals surface area (Å²) in [6.45, 7) is 1.61. The summed E-state index contributed by atoms with van der Waals surface area (Å²) in [4.78, 5) is 19.7. The second-order valence-corrected chi connectivity index (χ2v) is 7.08. The number of rotatable bonds is 4. The highest BCUT2D eigenvalue weighted by Gasteiger charge is 2.21. The first-order valence-corrected chi connectivity index (χ1v) is 9.33. The number of hydrogen-bond acceptors (Lipinski definition) is 7. The summed E-state index contributed by atoms with van der Waals surface area (Å²) in [7, 11) is 0. The van der Waals surface area contributed by atoms with Gasteiger partial charge in [0.25, 0.3) is 0 Å². The van der Waals surface area contributed by atoms with Gasteiger partial charge in [-0.2, -0.15) is 5.26 Å². The Hall–Kier alpha value is -3.05. The first kappa shape index (κ1) is 18.3. The zero-order valence-electron chi connectivity index (χ0n) is 14.9. The molecular formula is C19H17ClFN7. The van der Waals surface area contributed by atoms with Gasteiger partial charge in [0, 0.05) is 25.2 Å². The van der Waals surface area contributed by atoms with E-state index >= 15 is 0 Å². The first-order valence-electron chi connectivity index (χ1n) is 8.96. The smallest absolute Gasteiger partial charge is 0.226 e. The Morgan fingerprint density at radius 1 is 1.25 bits per heavy atom. The van der Waals surface area contributed by atoms with Crippen molar-refractivity contribution in [1.29, 1.82) is 5.26 Å². The number of hydrogen-bond donors (Lipinski definition) is 1. The number of benzene rings is 1. The van der Waals surface area contributed by atoms with Crippen molar-refractivity contribution in [2.45, 2.75) is 19.3 Å². The number of nitrogens with one attached hydrogen (secondary N) is 1. The van der Waals surface area contributed by atoms with Crippen molar-refractivity contribution in [3.05, 3.63) is 41.6 Å². The van der Waals surface area contributed by atoms with Gasteiger partial charge >= 0.3 is 0 Å². The largest absolute Gasteiger partial charge is 0.341 e. The van der Waals surface area contributed by atoms with Crippen LogP contribution in [0.1, 0.15) is 19.3 Å². The van der Waals surface area contributed by atoms with Crippen molar-refractivity contribution in [1.82, 2.24) is 19.9 Å². The zero-order chi connectivity index (χ0) is 19.5. The van der Waals surface area contributed by atoms with Gasteiger partial charge < -0.3 is 10.2 Å². The maximum Gasteiger partial charge on any atom is 0.226 e. The Morgan fingerprint density at radius 2 is 2.07 bits per heavy atom. The molecule has 1 N–H and O–H groups in total. The lowest BCUT2D eigenvalue weighted by atomic mass is 9.94. The second-order valence-electron chi connectivity index (χ2n) is 6.67. The summed E-state index contributed by atoms with van der Waals surface area (Å²) in [5.41, 5.74) is 1.78. The van der Waals surface area contributed by atoms with E-state index in [1.165, 1.54) is 18.5 Å². The average Bonchev–Trinajstić information content (AvgIpc) is 2.72. The van der Waals surface area contributed by atoms with E-state index in [0.717, 1.165) is 25.9 Å². The Bertz CT molecular complexity index is 1040. The molecular weight excluding hydrogens is 381 g/mol. The highest BCUT2D eigenvalue weighted by molar-refractivity contribution is 6.31. The Morgan fingerprint density at radius 3 is 2.82 bits per heavy atom. The van der Waals surface area contributed by atoms with E-state index in [9.17, 15) is 4.39 Å². The topological polar surface area (TPSA) is 90.6 Å². The fraction of sp³-hybridized carbons (Fsp3) is 0.316. The maximum atomic E-state index is 13.4. The third kappa shape index (κ3) is 3.80. The van der Waals surface area contributed by atoms with Gasteiger partial charge in [-0.3, -0.25) is 0 Å². The molecule has 7 nitrogen and oxygen atoms in total. The van der Waals surface area contributed by atoms with Crippen LogP contribution in [-0.2, 0) is 0 Å².